The molecule has 0 aliphatic heterocycles. The van der Waals surface area contributed by atoms with Crippen LogP contribution in [0.25, 0.3) is 0 Å². The number of alkyl carbamates (subject to hydrolysis) is 1. The van der Waals surface area contributed by atoms with E-state index in [4.69, 9.17) is 4.74 Å². The molecule has 0 aliphatic rings. The summed E-state index contributed by atoms with van der Waals surface area (Å²) in [5.74, 6) is 4.77. The van der Waals surface area contributed by atoms with E-state index < -0.39 is 29.4 Å². The van der Waals surface area contributed by atoms with E-state index >= 15 is 0 Å². The van der Waals surface area contributed by atoms with Gasteiger partial charge >= 0.3 is 6.09 Å². The highest BCUT2D eigenvalue weighted by Crippen LogP contribution is 2.26. The van der Waals surface area contributed by atoms with Crippen LogP contribution in [0.5, 0.6) is 0 Å². The van der Waals surface area contributed by atoms with Crippen molar-refractivity contribution in [3.8, 4) is 11.8 Å². The first kappa shape index (κ1) is 24.8. The second kappa shape index (κ2) is 9.78. The topological polar surface area (TPSA) is 51.2 Å². The molecule has 4 nitrogen and oxygen atoms in total. The van der Waals surface area contributed by atoms with Gasteiger partial charge in [-0.05, 0) is 99.6 Å². The summed E-state index contributed by atoms with van der Waals surface area (Å²) in [4.78, 5) is 17.1. The number of carbonyl (C=O) groups is 1. The summed E-state index contributed by atoms with van der Waals surface area (Å²) in [7, 11) is 0. The Kier molecular flexibility index (Phi) is 7.82. The maximum absolute atomic E-state index is 13.7. The smallest absolute Gasteiger partial charge is 0.408 e. The van der Waals surface area contributed by atoms with Gasteiger partial charge in [0, 0.05) is 16.0 Å². The van der Waals surface area contributed by atoms with Gasteiger partial charge in [-0.25, -0.2) is 18.6 Å². The number of aromatic nitrogens is 1. The summed E-state index contributed by atoms with van der Waals surface area (Å²) in [6.07, 6.45) is -0.551. The number of amides is 1. The molecule has 0 saturated carbocycles. The van der Waals surface area contributed by atoms with E-state index in [0.29, 0.717) is 21.4 Å². The number of carbonyl (C=O) groups excluding carboxylic acids is 1. The van der Waals surface area contributed by atoms with Gasteiger partial charge in [0.2, 0.25) is 0 Å². The maximum Gasteiger partial charge on any atom is 0.408 e. The van der Waals surface area contributed by atoms with Gasteiger partial charge in [0.15, 0.2) is 0 Å². The van der Waals surface area contributed by atoms with Crippen molar-refractivity contribution in [1.29, 1.82) is 0 Å². The fraction of sp³-hybridized carbons (Fsp3) is 0.417. The lowest BCUT2D eigenvalue weighted by atomic mass is 9.98. The number of benzene rings is 1. The summed E-state index contributed by atoms with van der Waals surface area (Å²) >= 11 is 3.46. The first-order chi connectivity index (χ1) is 14.2. The minimum atomic E-state index is -0.707. The van der Waals surface area contributed by atoms with Crippen molar-refractivity contribution in [1.82, 2.24) is 10.3 Å². The Hall–Kier alpha value is -2.46. The molecule has 1 amide bonds. The van der Waals surface area contributed by atoms with Crippen molar-refractivity contribution in [3.63, 3.8) is 0 Å². The van der Waals surface area contributed by atoms with Gasteiger partial charge in [0.1, 0.15) is 22.9 Å². The summed E-state index contributed by atoms with van der Waals surface area (Å²) in [5.41, 5.74) is 0.469. The SMILES string of the molecule is CC(C)(C)C#Cc1ccc(Br)c([C@H](Cc2cc(F)cc(F)c2)NC(=O)OC(C)(C)C)n1. The molecule has 0 aliphatic carbocycles. The first-order valence-corrected chi connectivity index (χ1v) is 10.7. The van der Waals surface area contributed by atoms with Crippen molar-refractivity contribution >= 4 is 22.0 Å². The summed E-state index contributed by atoms with van der Waals surface area (Å²) < 4.78 is 33.5. The Labute approximate surface area is 190 Å². The van der Waals surface area contributed by atoms with E-state index in [2.05, 4.69) is 38.1 Å². The lowest BCUT2D eigenvalue weighted by molar-refractivity contribution is 0.0502. The number of ether oxygens (including phenoxy) is 1. The predicted molar refractivity (Wildman–Crippen MR) is 120 cm³/mol. The monoisotopic (exact) mass is 492 g/mol. The Balaban J connectivity index is 2.45. The molecular weight excluding hydrogens is 466 g/mol. The van der Waals surface area contributed by atoms with Crippen molar-refractivity contribution in [3.05, 3.63) is 63.4 Å². The molecule has 31 heavy (non-hydrogen) atoms. The molecule has 0 spiro atoms. The van der Waals surface area contributed by atoms with Gasteiger partial charge in [0.25, 0.3) is 0 Å². The Morgan fingerprint density at radius 2 is 1.74 bits per heavy atom. The molecule has 1 atom stereocenters. The average molecular weight is 493 g/mol. The molecule has 7 heteroatoms. The fourth-order valence-corrected chi connectivity index (χ4v) is 3.15. The molecule has 0 saturated heterocycles. The van der Waals surface area contributed by atoms with Crippen LogP contribution in [0.15, 0.2) is 34.8 Å². The molecule has 1 heterocycles. The number of hydrogen-bond donors (Lipinski definition) is 1. The maximum atomic E-state index is 13.7. The van der Waals surface area contributed by atoms with Crippen LogP contribution in [0.4, 0.5) is 13.6 Å². The van der Waals surface area contributed by atoms with E-state index in [1.807, 2.05) is 20.8 Å². The largest absolute Gasteiger partial charge is 0.444 e. The van der Waals surface area contributed by atoms with Crippen molar-refractivity contribution in [2.24, 2.45) is 5.41 Å². The zero-order valence-electron chi connectivity index (χ0n) is 18.6. The molecular formula is C24H27BrF2N2O2. The molecule has 1 aromatic heterocycles. The lowest BCUT2D eigenvalue weighted by Crippen LogP contribution is -2.36. The fourth-order valence-electron chi connectivity index (χ4n) is 2.65. The minimum absolute atomic E-state index is 0.107. The van der Waals surface area contributed by atoms with E-state index in [1.165, 1.54) is 12.1 Å². The molecule has 1 N–H and O–H groups in total. The highest BCUT2D eigenvalue weighted by Gasteiger charge is 2.24. The third kappa shape index (κ3) is 8.66. The van der Waals surface area contributed by atoms with E-state index in [0.717, 1.165) is 6.07 Å². The zero-order chi connectivity index (χ0) is 23.4. The van der Waals surface area contributed by atoms with E-state index in [9.17, 15) is 13.6 Å². The summed E-state index contributed by atoms with van der Waals surface area (Å²) in [6.45, 7) is 11.2. The second-order valence-corrected chi connectivity index (χ2v) is 10.1. The molecule has 0 bridgehead atoms. The predicted octanol–water partition coefficient (Wildman–Crippen LogP) is 6.33. The van der Waals surface area contributed by atoms with Gasteiger partial charge in [0.05, 0.1) is 11.7 Å². The highest BCUT2D eigenvalue weighted by atomic mass is 79.9. The Morgan fingerprint density at radius 3 is 2.29 bits per heavy atom. The van der Waals surface area contributed by atoms with E-state index in [-0.39, 0.29) is 11.8 Å². The van der Waals surface area contributed by atoms with Crippen LogP contribution in [0, 0.1) is 28.9 Å². The lowest BCUT2D eigenvalue weighted by Gasteiger charge is -2.24. The van der Waals surface area contributed by atoms with E-state index in [1.54, 1.807) is 32.9 Å². The van der Waals surface area contributed by atoms with Crippen LogP contribution in [-0.4, -0.2) is 16.7 Å². The second-order valence-electron chi connectivity index (χ2n) is 9.24. The Bertz CT molecular complexity index is 995. The molecule has 0 fully saturated rings. The number of nitrogens with one attached hydrogen (secondary N) is 1. The number of halogens is 3. The average Bonchev–Trinajstić information content (AvgIpc) is 2.57. The van der Waals surface area contributed by atoms with Gasteiger partial charge in [-0.15, -0.1) is 0 Å². The molecule has 2 aromatic rings. The standard InChI is InChI=1S/C24H27BrF2N2O2/c1-23(2,3)10-9-18-7-8-19(25)21(28-18)20(29-22(30)31-24(4,5)6)13-15-11-16(26)14-17(27)12-15/h7-8,11-12,14,20H,13H2,1-6H3,(H,29,30)/t20-/m0/s1. The van der Waals surface area contributed by atoms with Crippen LogP contribution in [-0.2, 0) is 11.2 Å². The van der Waals surface area contributed by atoms with Crippen molar-refractivity contribution in [2.75, 3.05) is 0 Å². The molecule has 2 rings (SSSR count). The summed E-state index contributed by atoms with van der Waals surface area (Å²) in [6, 6.07) is 6.09. The number of rotatable bonds is 4. The first-order valence-electron chi connectivity index (χ1n) is 9.86. The van der Waals surface area contributed by atoms with Crippen LogP contribution in [0.2, 0.25) is 0 Å². The Morgan fingerprint density at radius 1 is 1.13 bits per heavy atom. The quantitative estimate of drug-likeness (QED) is 0.507. The molecule has 1 aromatic carbocycles. The van der Waals surface area contributed by atoms with Gasteiger partial charge < -0.3 is 10.1 Å². The van der Waals surface area contributed by atoms with Crippen LogP contribution in [0.1, 0.15) is 64.5 Å². The third-order valence-electron chi connectivity index (χ3n) is 3.82. The van der Waals surface area contributed by atoms with Crippen molar-refractivity contribution < 1.29 is 18.3 Å². The van der Waals surface area contributed by atoms with Gasteiger partial charge in [-0.3, -0.25) is 0 Å². The molecule has 0 unspecified atom stereocenters. The van der Waals surface area contributed by atoms with Gasteiger partial charge in [-0.2, -0.15) is 0 Å². The summed E-state index contributed by atoms with van der Waals surface area (Å²) in [5, 5.41) is 2.77. The van der Waals surface area contributed by atoms with Gasteiger partial charge in [-0.1, -0.05) is 5.92 Å². The minimum Gasteiger partial charge on any atom is -0.444 e. The highest BCUT2D eigenvalue weighted by molar-refractivity contribution is 9.10. The van der Waals surface area contributed by atoms with Crippen LogP contribution in [0.3, 0.4) is 0 Å². The number of pyridine rings is 1. The molecule has 0 radical (unpaired) electrons. The third-order valence-corrected chi connectivity index (χ3v) is 4.49. The van der Waals surface area contributed by atoms with Crippen LogP contribution < -0.4 is 5.32 Å². The van der Waals surface area contributed by atoms with Crippen LogP contribution >= 0.6 is 15.9 Å². The van der Waals surface area contributed by atoms with Crippen molar-refractivity contribution in [2.45, 2.75) is 59.6 Å². The normalized spacial score (nSPS) is 12.5. The number of nitrogens with zero attached hydrogens (tertiary/aromatic N) is 1. The zero-order valence-corrected chi connectivity index (χ0v) is 20.2. The molecule has 166 valence electrons. The number of hydrogen-bond acceptors (Lipinski definition) is 3.